The maximum atomic E-state index is 9.13. The molecule has 8 nitrogen and oxygen atoms in total. The Hall–Kier alpha value is -2.95. The van der Waals surface area contributed by atoms with Gasteiger partial charge in [0.2, 0.25) is 5.95 Å². The molecule has 0 radical (unpaired) electrons. The summed E-state index contributed by atoms with van der Waals surface area (Å²) in [5, 5.41) is 18.2. The van der Waals surface area contributed by atoms with Gasteiger partial charge in [-0.3, -0.25) is 4.68 Å². The van der Waals surface area contributed by atoms with Crippen molar-refractivity contribution in [3.05, 3.63) is 35.0 Å². The quantitative estimate of drug-likeness (QED) is 0.716. The van der Waals surface area contributed by atoms with Gasteiger partial charge in [0.05, 0.1) is 11.3 Å². The van der Waals surface area contributed by atoms with Gasteiger partial charge in [-0.15, -0.1) is 5.10 Å². The fraction of sp³-hybridized carbons (Fsp3) is 0.471. The number of aromatic nitrogens is 6. The number of hydrogen-bond donors (Lipinski definition) is 0. The first-order chi connectivity index (χ1) is 12.2. The summed E-state index contributed by atoms with van der Waals surface area (Å²) in [6.45, 7) is 3.96. The minimum absolute atomic E-state index is 0.618. The number of aryl methyl sites for hydroxylation is 4. The lowest BCUT2D eigenvalue weighted by Crippen LogP contribution is -2.19. The van der Waals surface area contributed by atoms with Crippen molar-refractivity contribution in [2.45, 2.75) is 32.6 Å². The lowest BCUT2D eigenvalue weighted by Gasteiger charge is -2.10. The summed E-state index contributed by atoms with van der Waals surface area (Å²) < 4.78 is 3.59. The van der Waals surface area contributed by atoms with E-state index in [1.807, 2.05) is 24.7 Å². The summed E-state index contributed by atoms with van der Waals surface area (Å²) in [4.78, 5) is 11.5. The molecule has 0 N–H and O–H groups in total. The molecule has 0 saturated carbocycles. The zero-order chi connectivity index (χ0) is 17.4. The van der Waals surface area contributed by atoms with Gasteiger partial charge in [-0.25, -0.2) is 9.50 Å². The summed E-state index contributed by atoms with van der Waals surface area (Å²) in [5.74, 6) is 2.52. The standard InChI is InChI=1S/C17H20N8/c1-12-13(11-18)5-7-16-19-14(21-25(12)16)6-8-15-20-17(22-23(15)2)24-9-3-4-10-24/h5,7H,3-4,6,8-10H2,1-2H3. The zero-order valence-electron chi connectivity index (χ0n) is 14.5. The SMILES string of the molecule is Cc1c(C#N)ccc2nc(CCc3nc(N4CCCC4)nn3C)nn12. The maximum absolute atomic E-state index is 9.13. The van der Waals surface area contributed by atoms with E-state index in [0.717, 1.165) is 48.4 Å². The molecule has 128 valence electrons. The molecule has 1 saturated heterocycles. The predicted octanol–water partition coefficient (Wildman–Crippen LogP) is 1.42. The number of hydrogen-bond acceptors (Lipinski definition) is 6. The van der Waals surface area contributed by atoms with Crippen LogP contribution < -0.4 is 4.90 Å². The number of nitrogens with zero attached hydrogens (tertiary/aromatic N) is 8. The number of pyridine rings is 1. The molecule has 4 rings (SSSR count). The Morgan fingerprint density at radius 2 is 1.92 bits per heavy atom. The second-order valence-electron chi connectivity index (χ2n) is 6.39. The van der Waals surface area contributed by atoms with E-state index >= 15 is 0 Å². The lowest BCUT2D eigenvalue weighted by molar-refractivity contribution is 0.681. The van der Waals surface area contributed by atoms with Gasteiger partial charge in [-0.1, -0.05) is 0 Å². The van der Waals surface area contributed by atoms with Crippen LogP contribution in [0.3, 0.4) is 0 Å². The first-order valence-electron chi connectivity index (χ1n) is 8.56. The molecular formula is C17H20N8. The van der Waals surface area contributed by atoms with Gasteiger partial charge in [0, 0.05) is 33.0 Å². The first kappa shape index (κ1) is 15.6. The summed E-state index contributed by atoms with van der Waals surface area (Å²) >= 11 is 0. The molecule has 4 heterocycles. The summed E-state index contributed by atoms with van der Waals surface area (Å²) in [7, 11) is 1.93. The lowest BCUT2D eigenvalue weighted by atomic mass is 10.2. The van der Waals surface area contributed by atoms with E-state index in [9.17, 15) is 0 Å². The average molecular weight is 336 g/mol. The van der Waals surface area contributed by atoms with Gasteiger partial charge in [-0.2, -0.15) is 15.3 Å². The molecule has 0 atom stereocenters. The van der Waals surface area contributed by atoms with Crippen molar-refractivity contribution < 1.29 is 0 Å². The van der Waals surface area contributed by atoms with E-state index in [1.54, 1.807) is 10.6 Å². The molecule has 0 aliphatic carbocycles. The van der Waals surface area contributed by atoms with Crippen molar-refractivity contribution in [1.82, 2.24) is 29.4 Å². The average Bonchev–Trinajstić information content (AvgIpc) is 3.33. The maximum Gasteiger partial charge on any atom is 0.244 e. The molecule has 8 heteroatoms. The zero-order valence-corrected chi connectivity index (χ0v) is 14.5. The Kier molecular flexibility index (Phi) is 3.84. The van der Waals surface area contributed by atoms with Gasteiger partial charge < -0.3 is 4.90 Å². The second kappa shape index (κ2) is 6.16. The highest BCUT2D eigenvalue weighted by atomic mass is 15.4. The van der Waals surface area contributed by atoms with Crippen LogP contribution in [-0.2, 0) is 19.9 Å². The van der Waals surface area contributed by atoms with E-state index in [2.05, 4.69) is 31.1 Å². The number of fused-ring (bicyclic) bond motifs is 1. The topological polar surface area (TPSA) is 87.9 Å². The fourth-order valence-corrected chi connectivity index (χ4v) is 3.23. The molecule has 0 unspecified atom stereocenters. The van der Waals surface area contributed by atoms with Gasteiger partial charge in [-0.05, 0) is 31.9 Å². The Balaban J connectivity index is 1.52. The van der Waals surface area contributed by atoms with Crippen LogP contribution in [0.5, 0.6) is 0 Å². The second-order valence-corrected chi connectivity index (χ2v) is 6.39. The van der Waals surface area contributed by atoms with E-state index in [0.29, 0.717) is 12.0 Å². The summed E-state index contributed by atoms with van der Waals surface area (Å²) in [6.07, 6.45) is 3.85. The third kappa shape index (κ3) is 2.82. The van der Waals surface area contributed by atoms with Gasteiger partial charge in [0.1, 0.15) is 11.9 Å². The van der Waals surface area contributed by atoms with Crippen LogP contribution in [0.25, 0.3) is 5.65 Å². The highest BCUT2D eigenvalue weighted by Gasteiger charge is 2.18. The monoisotopic (exact) mass is 336 g/mol. The number of nitriles is 1. The summed E-state index contributed by atoms with van der Waals surface area (Å²) in [6, 6.07) is 5.79. The predicted molar refractivity (Wildman–Crippen MR) is 92.3 cm³/mol. The minimum Gasteiger partial charge on any atom is -0.340 e. The molecule has 1 aliphatic heterocycles. The van der Waals surface area contributed by atoms with Crippen molar-refractivity contribution in [2.24, 2.45) is 7.05 Å². The Bertz CT molecular complexity index is 955. The molecular weight excluding hydrogens is 316 g/mol. The molecule has 0 amide bonds. The van der Waals surface area contributed by atoms with Crippen LogP contribution >= 0.6 is 0 Å². The van der Waals surface area contributed by atoms with Crippen molar-refractivity contribution >= 4 is 11.6 Å². The molecule has 3 aromatic rings. The molecule has 0 bridgehead atoms. The van der Waals surface area contributed by atoms with Gasteiger partial charge in [0.15, 0.2) is 11.5 Å². The Morgan fingerprint density at radius 3 is 2.68 bits per heavy atom. The van der Waals surface area contributed by atoms with Crippen LogP contribution in [0, 0.1) is 18.3 Å². The highest BCUT2D eigenvalue weighted by Crippen LogP contribution is 2.17. The Morgan fingerprint density at radius 1 is 1.12 bits per heavy atom. The normalized spacial score (nSPS) is 14.4. The largest absolute Gasteiger partial charge is 0.340 e. The molecule has 0 aromatic carbocycles. The van der Waals surface area contributed by atoms with Crippen LogP contribution in [0.1, 0.15) is 35.7 Å². The van der Waals surface area contributed by atoms with Crippen LogP contribution in [0.2, 0.25) is 0 Å². The van der Waals surface area contributed by atoms with Crippen molar-refractivity contribution in [3.8, 4) is 6.07 Å². The Labute approximate surface area is 145 Å². The molecule has 25 heavy (non-hydrogen) atoms. The highest BCUT2D eigenvalue weighted by molar-refractivity contribution is 5.45. The third-order valence-electron chi connectivity index (χ3n) is 4.71. The number of anilines is 1. The van der Waals surface area contributed by atoms with Crippen molar-refractivity contribution in [1.29, 1.82) is 5.26 Å². The third-order valence-corrected chi connectivity index (χ3v) is 4.71. The van der Waals surface area contributed by atoms with Gasteiger partial charge in [0.25, 0.3) is 0 Å². The number of rotatable bonds is 4. The van der Waals surface area contributed by atoms with Gasteiger partial charge >= 0.3 is 0 Å². The first-order valence-corrected chi connectivity index (χ1v) is 8.56. The smallest absolute Gasteiger partial charge is 0.244 e. The minimum atomic E-state index is 0.618. The van der Waals surface area contributed by atoms with E-state index in [1.165, 1.54) is 12.8 Å². The van der Waals surface area contributed by atoms with Crippen LogP contribution in [0.15, 0.2) is 12.1 Å². The van der Waals surface area contributed by atoms with Crippen molar-refractivity contribution in [3.63, 3.8) is 0 Å². The molecule has 1 fully saturated rings. The van der Waals surface area contributed by atoms with Crippen molar-refractivity contribution in [2.75, 3.05) is 18.0 Å². The van der Waals surface area contributed by atoms with E-state index in [4.69, 9.17) is 5.26 Å². The molecule has 0 spiro atoms. The van der Waals surface area contributed by atoms with E-state index < -0.39 is 0 Å². The fourth-order valence-electron chi connectivity index (χ4n) is 3.23. The molecule has 1 aliphatic rings. The van der Waals surface area contributed by atoms with Crippen LogP contribution in [0.4, 0.5) is 5.95 Å². The summed E-state index contributed by atoms with van der Waals surface area (Å²) in [5.41, 5.74) is 2.20. The molecule has 3 aromatic heterocycles. The van der Waals surface area contributed by atoms with E-state index in [-0.39, 0.29) is 0 Å². The van der Waals surface area contributed by atoms with Crippen LogP contribution in [-0.4, -0.2) is 42.5 Å².